The number of amides is 3. The quantitative estimate of drug-likeness (QED) is 0.404. The topological polar surface area (TPSA) is 116 Å². The maximum Gasteiger partial charge on any atom is 0.389 e. The monoisotopic (exact) mass is 638 g/mol. The molecule has 3 heterocycles. The Kier molecular flexibility index (Phi) is 9.28. The molecule has 3 fully saturated rings. The van der Waals surface area contributed by atoms with Gasteiger partial charge in [-0.25, -0.2) is 12.7 Å². The molecule has 2 saturated heterocycles. The second kappa shape index (κ2) is 12.5. The summed E-state index contributed by atoms with van der Waals surface area (Å²) in [6, 6.07) is 3.81. The van der Waals surface area contributed by atoms with Crippen molar-refractivity contribution in [3.05, 3.63) is 34.4 Å². The minimum atomic E-state index is -4.14. The zero-order valence-corrected chi connectivity index (χ0v) is 26.2. The Labute approximate surface area is 256 Å². The summed E-state index contributed by atoms with van der Waals surface area (Å²) in [6.07, 6.45) is -0.693. The summed E-state index contributed by atoms with van der Waals surface area (Å²) in [7, 11) is -3.60. The molecule has 44 heavy (non-hydrogen) atoms. The Hall–Kier alpha value is -2.80. The molecule has 0 unspecified atom stereocenters. The van der Waals surface area contributed by atoms with Gasteiger partial charge >= 0.3 is 6.18 Å². The van der Waals surface area contributed by atoms with Crippen LogP contribution in [-0.2, 0) is 37.4 Å². The zero-order valence-electron chi connectivity index (χ0n) is 25.3. The number of aryl methyl sites for hydroxylation is 2. The van der Waals surface area contributed by atoms with Crippen molar-refractivity contribution in [1.82, 2.24) is 14.5 Å². The molecule has 9 nitrogen and oxygen atoms in total. The highest BCUT2D eigenvalue weighted by molar-refractivity contribution is 7.89. The molecule has 3 aliphatic heterocycles. The summed E-state index contributed by atoms with van der Waals surface area (Å²) in [4.78, 5) is 43.1. The van der Waals surface area contributed by atoms with Gasteiger partial charge in [0.2, 0.25) is 21.8 Å². The normalized spacial score (nSPS) is 24.7. The Morgan fingerprint density at radius 1 is 0.977 bits per heavy atom. The van der Waals surface area contributed by atoms with Crippen molar-refractivity contribution in [3.63, 3.8) is 0 Å². The fraction of sp³-hybridized carbons (Fsp3) is 0.677. The van der Waals surface area contributed by atoms with Gasteiger partial charge in [0.25, 0.3) is 5.91 Å². The first-order chi connectivity index (χ1) is 20.7. The summed E-state index contributed by atoms with van der Waals surface area (Å²) >= 11 is 0. The number of rotatable bonds is 9. The van der Waals surface area contributed by atoms with Crippen molar-refractivity contribution >= 4 is 33.6 Å². The Balaban J connectivity index is 1.14. The van der Waals surface area contributed by atoms with Gasteiger partial charge in [-0.2, -0.15) is 13.2 Å². The first-order valence-electron chi connectivity index (χ1n) is 15.5. The van der Waals surface area contributed by atoms with E-state index >= 15 is 0 Å². The number of aliphatic imine (C=N–C) groups is 1. The Morgan fingerprint density at radius 2 is 1.57 bits per heavy atom. The Morgan fingerprint density at radius 3 is 2.14 bits per heavy atom. The molecule has 1 aromatic carbocycles. The first kappa shape index (κ1) is 32.6. The number of carbonyl (C=O) groups is 3. The molecule has 0 bridgehead atoms. The molecule has 1 aromatic rings. The number of nitrogens with one attached hydrogen (secondary N) is 1. The lowest BCUT2D eigenvalue weighted by Gasteiger charge is -2.35. The van der Waals surface area contributed by atoms with E-state index in [-0.39, 0.29) is 87.0 Å². The van der Waals surface area contributed by atoms with E-state index in [1.807, 2.05) is 26.0 Å². The molecule has 13 heteroatoms. The predicted molar refractivity (Wildman–Crippen MR) is 158 cm³/mol. The predicted octanol–water partition coefficient (Wildman–Crippen LogP) is 4.34. The van der Waals surface area contributed by atoms with Crippen LogP contribution in [0.3, 0.4) is 0 Å². The van der Waals surface area contributed by atoms with E-state index in [1.54, 1.807) is 0 Å². The van der Waals surface area contributed by atoms with Crippen molar-refractivity contribution in [2.45, 2.75) is 103 Å². The van der Waals surface area contributed by atoms with Crippen molar-refractivity contribution in [1.29, 1.82) is 0 Å². The molecular formula is C31H41F3N4O5S. The van der Waals surface area contributed by atoms with Gasteiger partial charge in [0.05, 0.1) is 12.3 Å². The number of amidine groups is 1. The number of nitrogens with zero attached hydrogens (tertiary/aromatic N) is 3. The van der Waals surface area contributed by atoms with Crippen LogP contribution in [0, 0.1) is 25.7 Å². The third-order valence-corrected chi connectivity index (χ3v) is 11.7. The van der Waals surface area contributed by atoms with E-state index in [0.29, 0.717) is 37.9 Å². The maximum absolute atomic E-state index is 13.3. The molecule has 0 radical (unpaired) electrons. The van der Waals surface area contributed by atoms with Crippen LogP contribution in [0.4, 0.5) is 13.2 Å². The molecule has 5 rings (SSSR count). The maximum atomic E-state index is 13.3. The van der Waals surface area contributed by atoms with Gasteiger partial charge in [-0.15, -0.1) is 0 Å². The van der Waals surface area contributed by atoms with Gasteiger partial charge in [0.1, 0.15) is 11.4 Å². The number of sulfonamides is 1. The molecule has 3 amide bonds. The van der Waals surface area contributed by atoms with Crippen LogP contribution in [0.2, 0.25) is 0 Å². The summed E-state index contributed by atoms with van der Waals surface area (Å²) in [6.45, 7) is 4.39. The van der Waals surface area contributed by atoms with Gasteiger partial charge in [-0.3, -0.25) is 24.3 Å². The smallest absolute Gasteiger partial charge is 0.312 e. The van der Waals surface area contributed by atoms with Gasteiger partial charge in [-0.05, 0) is 93.4 Å². The number of piperidine rings is 1. The lowest BCUT2D eigenvalue weighted by Crippen LogP contribution is -2.51. The van der Waals surface area contributed by atoms with Crippen LogP contribution in [0.5, 0.6) is 0 Å². The van der Waals surface area contributed by atoms with Crippen LogP contribution in [0.1, 0.15) is 86.5 Å². The molecular weight excluding hydrogens is 597 g/mol. The van der Waals surface area contributed by atoms with E-state index in [0.717, 1.165) is 22.3 Å². The van der Waals surface area contributed by atoms with Crippen molar-refractivity contribution in [3.8, 4) is 0 Å². The van der Waals surface area contributed by atoms with Crippen molar-refractivity contribution in [2.75, 3.05) is 18.8 Å². The van der Waals surface area contributed by atoms with Gasteiger partial charge in [-0.1, -0.05) is 12.1 Å². The average Bonchev–Trinajstić information content (AvgIpc) is 3.44. The van der Waals surface area contributed by atoms with E-state index < -0.39 is 28.2 Å². The largest absolute Gasteiger partial charge is 0.389 e. The van der Waals surface area contributed by atoms with Crippen LogP contribution in [-0.4, -0.2) is 71.7 Å². The third-order valence-electron chi connectivity index (χ3n) is 9.87. The fourth-order valence-corrected chi connectivity index (χ4v) is 8.67. The number of imide groups is 1. The number of alkyl halides is 3. The molecule has 1 aliphatic carbocycles. The number of hydrogen-bond acceptors (Lipinski definition) is 6. The number of benzene rings is 1. The average molecular weight is 639 g/mol. The highest BCUT2D eigenvalue weighted by atomic mass is 32.2. The van der Waals surface area contributed by atoms with Crippen LogP contribution in [0.15, 0.2) is 17.1 Å². The van der Waals surface area contributed by atoms with Gasteiger partial charge in [0.15, 0.2) is 0 Å². The highest BCUT2D eigenvalue weighted by Gasteiger charge is 2.48. The van der Waals surface area contributed by atoms with Crippen molar-refractivity contribution < 1.29 is 36.0 Å². The second-order valence-electron chi connectivity index (χ2n) is 12.9. The minimum Gasteiger partial charge on any atom is -0.312 e. The van der Waals surface area contributed by atoms with E-state index in [1.165, 1.54) is 9.21 Å². The number of halogens is 3. The number of carbonyl (C=O) groups excluding carboxylic acids is 3. The molecule has 0 aromatic heterocycles. The van der Waals surface area contributed by atoms with E-state index in [2.05, 4.69) is 5.32 Å². The number of likely N-dealkylation sites (tertiary alicyclic amines) is 1. The second-order valence-corrected chi connectivity index (χ2v) is 15.0. The van der Waals surface area contributed by atoms with Gasteiger partial charge in [0, 0.05) is 38.3 Å². The molecule has 0 atom stereocenters. The summed E-state index contributed by atoms with van der Waals surface area (Å²) < 4.78 is 65.9. The minimum absolute atomic E-state index is 0.0106. The van der Waals surface area contributed by atoms with E-state index in [4.69, 9.17) is 4.99 Å². The van der Waals surface area contributed by atoms with Crippen LogP contribution in [0.25, 0.3) is 0 Å². The van der Waals surface area contributed by atoms with E-state index in [9.17, 15) is 36.0 Å². The fourth-order valence-electron chi connectivity index (χ4n) is 7.21. The third kappa shape index (κ3) is 7.19. The SMILES string of the molecule is Cc1cc(CN2C(=O)CCC2=O)cc(C)c1CCS(=O)(=O)N1CCC2(CC1)N=C(C1CCC(CCC(F)(F)F)CC1)NC2=O. The molecule has 1 saturated carbocycles. The molecule has 1 N–H and O–H groups in total. The molecule has 1 spiro atoms. The zero-order chi connectivity index (χ0) is 31.9. The van der Waals surface area contributed by atoms with Crippen molar-refractivity contribution in [2.24, 2.45) is 16.8 Å². The first-order valence-corrected chi connectivity index (χ1v) is 17.1. The number of hydrogen-bond donors (Lipinski definition) is 1. The lowest BCUT2D eigenvalue weighted by atomic mass is 9.79. The van der Waals surface area contributed by atoms with Gasteiger partial charge < -0.3 is 5.32 Å². The van der Waals surface area contributed by atoms with Crippen LogP contribution >= 0.6 is 0 Å². The molecule has 4 aliphatic rings. The van der Waals surface area contributed by atoms with Crippen LogP contribution < -0.4 is 5.32 Å². The Bertz CT molecular complexity index is 1400. The molecule has 242 valence electrons. The highest BCUT2D eigenvalue weighted by Crippen LogP contribution is 2.38. The lowest BCUT2D eigenvalue weighted by molar-refractivity contribution is -0.139. The summed E-state index contributed by atoms with van der Waals surface area (Å²) in [5, 5.41) is 2.92. The summed E-state index contributed by atoms with van der Waals surface area (Å²) in [5.41, 5.74) is 2.58. The summed E-state index contributed by atoms with van der Waals surface area (Å²) in [5.74, 6) is 0.00194. The standard InChI is InChI=1S/C31H41F3N4O5S/c1-20-17-23(19-38-26(39)7-8-27(38)40)18-21(2)25(20)10-16-44(42,43)37-14-12-30(13-15-37)29(41)35-28(36-30)24-5-3-22(4-6-24)9-11-31(32,33)34/h17-18,22,24H,3-16,19H2,1-2H3,(H,35,36,41).